The summed E-state index contributed by atoms with van der Waals surface area (Å²) >= 11 is 8.03. The summed E-state index contributed by atoms with van der Waals surface area (Å²) in [7, 11) is 0. The van der Waals surface area contributed by atoms with Crippen LogP contribution in [-0.4, -0.2) is 60.0 Å². The molecule has 0 aliphatic heterocycles. The zero-order chi connectivity index (χ0) is 18.7. The van der Waals surface area contributed by atoms with Gasteiger partial charge in [0.05, 0.1) is 29.1 Å². The Bertz CT molecular complexity index is 799. The molecule has 6 N–H and O–H groups in total. The highest BCUT2D eigenvalue weighted by atomic mass is 79.9. The van der Waals surface area contributed by atoms with Gasteiger partial charge in [0.25, 0.3) is 0 Å². The van der Waals surface area contributed by atoms with Crippen LogP contribution < -0.4 is 0 Å². The van der Waals surface area contributed by atoms with Crippen molar-refractivity contribution in [2.24, 2.45) is 5.41 Å². The lowest BCUT2D eigenvalue weighted by Crippen LogP contribution is -2.52. The SMILES string of the molecule is O=C(O)C1(CO)C=CC(Br)C(O)(CO)C1.S=c1[nH]c2ccccc2[nH]1. The zero-order valence-electron chi connectivity index (χ0n) is 13.1. The Labute approximate surface area is 157 Å². The van der Waals surface area contributed by atoms with E-state index >= 15 is 0 Å². The molecule has 0 bridgehead atoms. The molecule has 1 aromatic carbocycles. The molecular formula is C16H19BrN2O5S. The highest BCUT2D eigenvalue weighted by Crippen LogP contribution is 2.39. The van der Waals surface area contributed by atoms with Crippen LogP contribution in [0.3, 0.4) is 0 Å². The number of imidazole rings is 1. The first-order valence-corrected chi connectivity index (χ1v) is 8.77. The van der Waals surface area contributed by atoms with Crippen LogP contribution in [0.25, 0.3) is 11.0 Å². The number of aromatic nitrogens is 2. The largest absolute Gasteiger partial charge is 0.481 e. The molecule has 0 spiro atoms. The van der Waals surface area contributed by atoms with Gasteiger partial charge in [0.2, 0.25) is 0 Å². The van der Waals surface area contributed by atoms with Crippen LogP contribution in [-0.2, 0) is 4.79 Å². The Morgan fingerprint density at radius 2 is 1.80 bits per heavy atom. The maximum absolute atomic E-state index is 11.0. The molecule has 2 aromatic rings. The molecule has 1 heterocycles. The summed E-state index contributed by atoms with van der Waals surface area (Å²) in [6.45, 7) is -1.18. The standard InChI is InChI=1S/C9H13BrO5.C7H6N2S/c10-6-1-2-8(4-11,7(13)14)3-9(6,15)5-12;10-7-8-5-3-1-2-4-6(5)9-7/h1-2,6,11-12,15H,3-5H2,(H,13,14);1-4H,(H2,8,9,10). The van der Waals surface area contributed by atoms with Crippen LogP contribution in [0.4, 0.5) is 0 Å². The quantitative estimate of drug-likeness (QED) is 0.249. The lowest BCUT2D eigenvalue weighted by Gasteiger charge is -2.40. The van der Waals surface area contributed by atoms with Gasteiger partial charge in [-0.15, -0.1) is 0 Å². The van der Waals surface area contributed by atoms with E-state index in [-0.39, 0.29) is 6.42 Å². The van der Waals surface area contributed by atoms with E-state index in [9.17, 15) is 9.90 Å². The van der Waals surface area contributed by atoms with Crippen LogP contribution in [0.1, 0.15) is 6.42 Å². The van der Waals surface area contributed by atoms with Gasteiger partial charge in [-0.3, -0.25) is 4.79 Å². The molecule has 7 nitrogen and oxygen atoms in total. The van der Waals surface area contributed by atoms with E-state index in [2.05, 4.69) is 25.9 Å². The Hall–Kier alpha value is -1.52. The van der Waals surface area contributed by atoms with Crippen LogP contribution in [0, 0.1) is 10.2 Å². The first kappa shape index (κ1) is 19.8. The third-order valence-electron chi connectivity index (χ3n) is 4.12. The Morgan fingerprint density at radius 3 is 2.24 bits per heavy atom. The number of hydrogen-bond donors (Lipinski definition) is 6. The summed E-state index contributed by atoms with van der Waals surface area (Å²) < 4.78 is 0.682. The number of hydrogen-bond acceptors (Lipinski definition) is 5. The Balaban J connectivity index is 0.000000194. The van der Waals surface area contributed by atoms with Crippen molar-refractivity contribution < 1.29 is 25.2 Å². The van der Waals surface area contributed by atoms with Crippen LogP contribution in [0.15, 0.2) is 36.4 Å². The van der Waals surface area contributed by atoms with Gasteiger partial charge < -0.3 is 30.4 Å². The summed E-state index contributed by atoms with van der Waals surface area (Å²) in [6, 6.07) is 7.92. The zero-order valence-corrected chi connectivity index (χ0v) is 15.5. The highest BCUT2D eigenvalue weighted by Gasteiger charge is 2.49. The highest BCUT2D eigenvalue weighted by molar-refractivity contribution is 9.09. The fourth-order valence-corrected chi connectivity index (χ4v) is 3.27. The minimum Gasteiger partial charge on any atom is -0.481 e. The van der Waals surface area contributed by atoms with Crippen molar-refractivity contribution in [1.82, 2.24) is 9.97 Å². The number of benzene rings is 1. The summed E-state index contributed by atoms with van der Waals surface area (Å²) in [5, 5.41) is 37.1. The minimum atomic E-state index is -1.56. The van der Waals surface area contributed by atoms with Crippen LogP contribution in [0.5, 0.6) is 0 Å². The van der Waals surface area contributed by atoms with Crippen molar-refractivity contribution in [2.45, 2.75) is 16.8 Å². The topological polar surface area (TPSA) is 130 Å². The number of aromatic amines is 2. The third-order valence-corrected chi connectivity index (χ3v) is 5.49. The molecule has 1 aromatic heterocycles. The van der Waals surface area contributed by atoms with E-state index in [0.717, 1.165) is 11.0 Å². The number of aliphatic hydroxyl groups is 3. The number of carbonyl (C=O) groups is 1. The number of alkyl halides is 1. The number of halogens is 1. The molecule has 1 aliphatic rings. The normalized spacial score (nSPS) is 28.4. The van der Waals surface area contributed by atoms with Crippen molar-refractivity contribution in [3.05, 3.63) is 41.2 Å². The summed E-state index contributed by atoms with van der Waals surface area (Å²) in [5.41, 5.74) is -0.947. The fraction of sp³-hybridized carbons (Fsp3) is 0.375. The van der Waals surface area contributed by atoms with Gasteiger partial charge >= 0.3 is 5.97 Å². The van der Waals surface area contributed by atoms with Gasteiger partial charge in [-0.05, 0) is 24.4 Å². The molecular weight excluding hydrogens is 412 g/mol. The van der Waals surface area contributed by atoms with Crippen LogP contribution in [0.2, 0.25) is 0 Å². The number of H-pyrrole nitrogens is 2. The van der Waals surface area contributed by atoms with Crippen molar-refractivity contribution in [3.8, 4) is 0 Å². The van der Waals surface area contributed by atoms with Crippen molar-refractivity contribution >= 4 is 45.2 Å². The number of aliphatic hydroxyl groups excluding tert-OH is 2. The lowest BCUT2D eigenvalue weighted by molar-refractivity contribution is -0.154. The average molecular weight is 431 g/mol. The number of carboxylic acids is 1. The first-order valence-electron chi connectivity index (χ1n) is 7.44. The molecule has 0 saturated carbocycles. The van der Waals surface area contributed by atoms with Crippen molar-refractivity contribution in [2.75, 3.05) is 13.2 Å². The predicted molar refractivity (Wildman–Crippen MR) is 99.1 cm³/mol. The molecule has 9 heteroatoms. The third kappa shape index (κ3) is 4.18. The second-order valence-corrected chi connectivity index (χ2v) is 7.34. The molecule has 0 amide bonds. The van der Waals surface area contributed by atoms with Crippen LogP contribution >= 0.6 is 28.1 Å². The summed E-state index contributed by atoms with van der Waals surface area (Å²) in [4.78, 5) is 16.5. The Kier molecular flexibility index (Phi) is 6.17. The molecule has 25 heavy (non-hydrogen) atoms. The maximum atomic E-state index is 11.0. The molecule has 3 atom stereocenters. The predicted octanol–water partition coefficient (Wildman–Crippen LogP) is 1.72. The first-order chi connectivity index (χ1) is 11.8. The number of para-hydroxylation sites is 2. The second kappa shape index (κ2) is 7.79. The van der Waals surface area contributed by atoms with E-state index < -0.39 is 35.0 Å². The van der Waals surface area contributed by atoms with E-state index in [4.69, 9.17) is 27.5 Å². The smallest absolute Gasteiger partial charge is 0.315 e. The second-order valence-electron chi connectivity index (χ2n) is 5.94. The summed E-state index contributed by atoms with van der Waals surface area (Å²) in [5.74, 6) is -1.22. The number of aliphatic carboxylic acids is 1. The lowest BCUT2D eigenvalue weighted by atomic mass is 9.72. The van der Waals surface area contributed by atoms with Gasteiger partial charge in [-0.25, -0.2) is 0 Å². The van der Waals surface area contributed by atoms with Gasteiger partial charge in [0, 0.05) is 6.42 Å². The minimum absolute atomic E-state index is 0.227. The number of carboxylic acid groups (broad SMARTS) is 1. The molecule has 3 rings (SSSR count). The van der Waals surface area contributed by atoms with E-state index in [1.807, 2.05) is 24.3 Å². The van der Waals surface area contributed by atoms with Gasteiger partial charge in [0.1, 0.15) is 11.0 Å². The van der Waals surface area contributed by atoms with Gasteiger partial charge in [-0.2, -0.15) is 0 Å². The van der Waals surface area contributed by atoms with Crippen molar-refractivity contribution in [1.29, 1.82) is 0 Å². The van der Waals surface area contributed by atoms with Gasteiger partial charge in [0.15, 0.2) is 4.77 Å². The number of rotatable bonds is 3. The molecule has 0 radical (unpaired) electrons. The molecule has 3 unspecified atom stereocenters. The molecule has 0 fully saturated rings. The molecule has 1 aliphatic carbocycles. The summed E-state index contributed by atoms with van der Waals surface area (Å²) in [6.07, 6.45) is 2.55. The number of fused-ring (bicyclic) bond motifs is 1. The van der Waals surface area contributed by atoms with E-state index in [1.165, 1.54) is 12.2 Å². The monoisotopic (exact) mass is 430 g/mol. The molecule has 136 valence electrons. The number of nitrogens with one attached hydrogen (secondary N) is 2. The average Bonchev–Trinajstić information content (AvgIpc) is 2.98. The van der Waals surface area contributed by atoms with E-state index in [0.29, 0.717) is 4.77 Å². The fourth-order valence-electron chi connectivity index (χ4n) is 2.59. The van der Waals surface area contributed by atoms with Gasteiger partial charge in [-0.1, -0.05) is 40.2 Å². The van der Waals surface area contributed by atoms with E-state index in [1.54, 1.807) is 0 Å². The maximum Gasteiger partial charge on any atom is 0.315 e. The Morgan fingerprint density at radius 1 is 1.24 bits per heavy atom. The molecule has 0 saturated heterocycles. The van der Waals surface area contributed by atoms with Crippen molar-refractivity contribution in [3.63, 3.8) is 0 Å².